The largest absolute Gasteiger partial charge is 0.286 e. The molecule has 0 bridgehead atoms. The molecule has 1 aromatic carbocycles. The molecule has 0 aliphatic heterocycles. The maximum Gasteiger partial charge on any atom is 0.0406 e. The monoisotopic (exact) mass is 275 g/mol. The summed E-state index contributed by atoms with van der Waals surface area (Å²) in [5.41, 5.74) is 1.82. The summed E-state index contributed by atoms with van der Waals surface area (Å²) in [5.74, 6) is 0. The third-order valence-electron chi connectivity index (χ3n) is 3.64. The molecule has 20 heavy (non-hydrogen) atoms. The number of hydrogen-bond acceptors (Lipinski definition) is 1. The second-order valence-electron chi connectivity index (χ2n) is 8.89. The molecule has 0 N–H and O–H groups in total. The highest BCUT2D eigenvalue weighted by Gasteiger charge is 2.42. The number of hydrogen-bond donors (Lipinski definition) is 0. The zero-order chi connectivity index (χ0) is 15.8. The van der Waals surface area contributed by atoms with Crippen molar-refractivity contribution in [2.24, 2.45) is 5.41 Å². The Morgan fingerprint density at radius 3 is 1.40 bits per heavy atom. The average Bonchev–Trinajstić information content (AvgIpc) is 2.21. The minimum Gasteiger partial charge on any atom is -0.286 e. The van der Waals surface area contributed by atoms with Crippen LogP contribution in [0, 0.1) is 5.41 Å². The Hall–Kier alpha value is -0.820. The van der Waals surface area contributed by atoms with Gasteiger partial charge < -0.3 is 0 Å². The van der Waals surface area contributed by atoms with Crippen LogP contribution in [0.5, 0.6) is 0 Å². The fourth-order valence-corrected chi connectivity index (χ4v) is 3.45. The van der Waals surface area contributed by atoms with Gasteiger partial charge in [0.25, 0.3) is 0 Å². The van der Waals surface area contributed by atoms with Gasteiger partial charge in [-0.05, 0) is 52.5 Å². The topological polar surface area (TPSA) is 3.24 Å². The van der Waals surface area contributed by atoms with E-state index in [1.54, 1.807) is 0 Å². The van der Waals surface area contributed by atoms with Crippen molar-refractivity contribution in [1.82, 2.24) is 4.90 Å². The molecule has 1 heteroatoms. The summed E-state index contributed by atoms with van der Waals surface area (Å²) in [7, 11) is 0. The van der Waals surface area contributed by atoms with Crippen molar-refractivity contribution in [1.29, 1.82) is 0 Å². The Kier molecular flexibility index (Phi) is 4.76. The van der Waals surface area contributed by atoms with Crippen LogP contribution in [0.25, 0.3) is 0 Å². The molecule has 0 spiro atoms. The molecule has 0 aromatic heterocycles. The Morgan fingerprint density at radius 2 is 1.10 bits per heavy atom. The average molecular weight is 275 g/mol. The second-order valence-corrected chi connectivity index (χ2v) is 8.89. The molecule has 1 atom stereocenters. The van der Waals surface area contributed by atoms with Crippen LogP contribution < -0.4 is 0 Å². The standard InChI is InChI=1S/C19H33N/c1-17(2,3)16(15-13-11-10-12-14-15)20(18(4,5)6)19(7,8)9/h10-14,16H,1-9H3. The quantitative estimate of drug-likeness (QED) is 0.672. The van der Waals surface area contributed by atoms with Gasteiger partial charge in [0.2, 0.25) is 0 Å². The van der Waals surface area contributed by atoms with E-state index < -0.39 is 0 Å². The molecular weight excluding hydrogens is 242 g/mol. The summed E-state index contributed by atoms with van der Waals surface area (Å²) in [6, 6.07) is 11.3. The van der Waals surface area contributed by atoms with E-state index in [1.807, 2.05) is 0 Å². The number of nitrogens with zero attached hydrogens (tertiary/aromatic N) is 1. The first-order valence-corrected chi connectivity index (χ1v) is 7.69. The third kappa shape index (κ3) is 4.09. The first-order valence-electron chi connectivity index (χ1n) is 7.69. The molecule has 0 fully saturated rings. The van der Waals surface area contributed by atoms with Crippen molar-refractivity contribution in [3.05, 3.63) is 35.9 Å². The molecule has 0 heterocycles. The number of rotatable bonds is 2. The Balaban J connectivity index is 3.43. The molecule has 1 nitrogen and oxygen atoms in total. The summed E-state index contributed by atoms with van der Waals surface area (Å²) >= 11 is 0. The van der Waals surface area contributed by atoms with E-state index in [9.17, 15) is 0 Å². The van der Waals surface area contributed by atoms with Crippen molar-refractivity contribution in [3.8, 4) is 0 Å². The van der Waals surface area contributed by atoms with Crippen LogP contribution in [-0.2, 0) is 0 Å². The molecule has 1 aromatic rings. The molecule has 0 amide bonds. The van der Waals surface area contributed by atoms with Gasteiger partial charge in [-0.2, -0.15) is 0 Å². The lowest BCUT2D eigenvalue weighted by Crippen LogP contribution is -2.56. The minimum atomic E-state index is 0.117. The molecule has 0 aliphatic rings. The van der Waals surface area contributed by atoms with Crippen LogP contribution in [0.1, 0.15) is 73.9 Å². The van der Waals surface area contributed by atoms with Gasteiger partial charge in [0, 0.05) is 17.1 Å². The van der Waals surface area contributed by atoms with Crippen molar-refractivity contribution in [2.45, 2.75) is 79.4 Å². The van der Waals surface area contributed by atoms with E-state index in [1.165, 1.54) is 5.56 Å². The maximum absolute atomic E-state index is 2.66. The van der Waals surface area contributed by atoms with Gasteiger partial charge in [0.05, 0.1) is 0 Å². The van der Waals surface area contributed by atoms with Gasteiger partial charge in [-0.15, -0.1) is 0 Å². The fraction of sp³-hybridized carbons (Fsp3) is 0.684. The lowest BCUT2D eigenvalue weighted by Gasteiger charge is -2.54. The predicted octanol–water partition coefficient (Wildman–Crippen LogP) is 5.67. The van der Waals surface area contributed by atoms with E-state index in [0.717, 1.165) is 0 Å². The first kappa shape index (κ1) is 17.2. The van der Waals surface area contributed by atoms with E-state index in [4.69, 9.17) is 0 Å². The van der Waals surface area contributed by atoms with Gasteiger partial charge in [0.15, 0.2) is 0 Å². The van der Waals surface area contributed by atoms with Crippen molar-refractivity contribution in [2.75, 3.05) is 0 Å². The van der Waals surface area contributed by atoms with E-state index in [2.05, 4.69) is 97.5 Å². The van der Waals surface area contributed by atoms with Crippen molar-refractivity contribution < 1.29 is 0 Å². The zero-order valence-corrected chi connectivity index (χ0v) is 14.9. The maximum atomic E-state index is 2.66. The lowest BCUT2D eigenvalue weighted by molar-refractivity contribution is -0.0491. The summed E-state index contributed by atoms with van der Waals surface area (Å²) in [4.78, 5) is 2.66. The van der Waals surface area contributed by atoms with Crippen LogP contribution in [0.4, 0.5) is 0 Å². The molecule has 114 valence electrons. The summed E-state index contributed by atoms with van der Waals surface area (Å²) in [6.45, 7) is 20.9. The summed E-state index contributed by atoms with van der Waals surface area (Å²) in [6.07, 6.45) is 0. The summed E-state index contributed by atoms with van der Waals surface area (Å²) in [5, 5.41) is 0. The van der Waals surface area contributed by atoms with Crippen LogP contribution in [-0.4, -0.2) is 16.0 Å². The molecule has 0 saturated carbocycles. The van der Waals surface area contributed by atoms with E-state index >= 15 is 0 Å². The zero-order valence-electron chi connectivity index (χ0n) is 14.9. The first-order chi connectivity index (χ1) is 8.85. The van der Waals surface area contributed by atoms with Crippen molar-refractivity contribution in [3.63, 3.8) is 0 Å². The summed E-state index contributed by atoms with van der Waals surface area (Å²) < 4.78 is 0. The highest BCUT2D eigenvalue weighted by molar-refractivity contribution is 5.22. The molecule has 0 aliphatic carbocycles. The van der Waals surface area contributed by atoms with Crippen LogP contribution >= 0.6 is 0 Å². The molecule has 1 rings (SSSR count). The van der Waals surface area contributed by atoms with Crippen LogP contribution in [0.2, 0.25) is 0 Å². The minimum absolute atomic E-state index is 0.117. The SMILES string of the molecule is CC(C)(C)C(c1ccccc1)N(C(C)(C)C)C(C)(C)C. The molecular formula is C19H33N. The van der Waals surface area contributed by atoms with Gasteiger partial charge in [0.1, 0.15) is 0 Å². The van der Waals surface area contributed by atoms with Crippen LogP contribution in [0.15, 0.2) is 30.3 Å². The molecule has 0 radical (unpaired) electrons. The molecule has 1 unspecified atom stereocenters. The smallest absolute Gasteiger partial charge is 0.0406 e. The Bertz CT molecular complexity index is 398. The molecule has 0 saturated heterocycles. The Morgan fingerprint density at radius 1 is 0.700 bits per heavy atom. The normalized spacial score (nSPS) is 15.5. The third-order valence-corrected chi connectivity index (χ3v) is 3.64. The van der Waals surface area contributed by atoms with Crippen LogP contribution in [0.3, 0.4) is 0 Å². The highest BCUT2D eigenvalue weighted by atomic mass is 15.3. The van der Waals surface area contributed by atoms with E-state index in [0.29, 0.717) is 6.04 Å². The highest BCUT2D eigenvalue weighted by Crippen LogP contribution is 2.45. The van der Waals surface area contributed by atoms with Gasteiger partial charge in [-0.3, -0.25) is 4.90 Å². The fourth-order valence-electron chi connectivity index (χ4n) is 3.45. The predicted molar refractivity (Wildman–Crippen MR) is 90.0 cm³/mol. The van der Waals surface area contributed by atoms with Gasteiger partial charge in [-0.1, -0.05) is 51.1 Å². The lowest BCUT2D eigenvalue weighted by atomic mass is 9.77. The second kappa shape index (κ2) is 5.52. The van der Waals surface area contributed by atoms with E-state index in [-0.39, 0.29) is 16.5 Å². The Labute approximate surface area is 126 Å². The van der Waals surface area contributed by atoms with Gasteiger partial charge >= 0.3 is 0 Å². The van der Waals surface area contributed by atoms with Crippen molar-refractivity contribution >= 4 is 0 Å². The van der Waals surface area contributed by atoms with Gasteiger partial charge in [-0.25, -0.2) is 0 Å². The number of benzene rings is 1.